The molecule has 0 saturated heterocycles. The smallest absolute Gasteiger partial charge is 0.339 e. The van der Waals surface area contributed by atoms with Crippen molar-refractivity contribution in [1.29, 1.82) is 5.26 Å². The number of esters is 1. The Hall–Kier alpha value is -2.88. The number of fused-ring (bicyclic) bond motifs is 1. The van der Waals surface area contributed by atoms with Gasteiger partial charge in [-0.1, -0.05) is 23.7 Å². The Morgan fingerprint density at radius 2 is 1.85 bits per heavy atom. The first-order chi connectivity index (χ1) is 15.5. The average Bonchev–Trinajstić information content (AvgIpc) is 2.98. The van der Waals surface area contributed by atoms with E-state index in [0.29, 0.717) is 29.2 Å². The Labute approximate surface area is 200 Å². The summed E-state index contributed by atoms with van der Waals surface area (Å²) in [5.41, 5.74) is 5.37. The fraction of sp³-hybridized carbons (Fsp3) is 0.423. The molecule has 0 amide bonds. The number of aryl methyl sites for hydroxylation is 3. The number of pyridine rings is 1. The molecule has 3 aromatic rings. The van der Waals surface area contributed by atoms with E-state index in [4.69, 9.17) is 31.3 Å². The molecule has 0 bridgehead atoms. The molecule has 1 aromatic carbocycles. The van der Waals surface area contributed by atoms with Gasteiger partial charge in [-0.3, -0.25) is 0 Å². The highest BCUT2D eigenvalue weighted by molar-refractivity contribution is 6.30. The molecule has 33 heavy (non-hydrogen) atoms. The molecule has 2 aromatic heterocycles. The lowest BCUT2D eigenvalue weighted by molar-refractivity contribution is -0.164. The Kier molecular flexibility index (Phi) is 7.16. The number of methoxy groups -OCH3 is 1. The molecule has 0 aliphatic carbocycles. The molecule has 7 heteroatoms. The van der Waals surface area contributed by atoms with Crippen LogP contribution in [0.25, 0.3) is 22.2 Å². The van der Waals surface area contributed by atoms with Gasteiger partial charge in [0.1, 0.15) is 5.65 Å². The van der Waals surface area contributed by atoms with E-state index in [0.717, 1.165) is 33.4 Å². The van der Waals surface area contributed by atoms with E-state index in [2.05, 4.69) is 10.6 Å². The van der Waals surface area contributed by atoms with E-state index in [-0.39, 0.29) is 0 Å². The maximum Gasteiger partial charge on any atom is 0.339 e. The number of hydrogen-bond acceptors (Lipinski definition) is 5. The van der Waals surface area contributed by atoms with Gasteiger partial charge < -0.3 is 14.0 Å². The minimum absolute atomic E-state index is 0.376. The quantitative estimate of drug-likeness (QED) is 0.402. The highest BCUT2D eigenvalue weighted by Crippen LogP contribution is 2.42. The maximum atomic E-state index is 13.0. The Balaban J connectivity index is 2.47. The van der Waals surface area contributed by atoms with Crippen LogP contribution < -0.4 is 0 Å². The van der Waals surface area contributed by atoms with Crippen molar-refractivity contribution in [3.63, 3.8) is 0 Å². The number of nitrogens with zero attached hydrogens (tertiary/aromatic N) is 3. The largest absolute Gasteiger partial charge is 0.467 e. The van der Waals surface area contributed by atoms with Gasteiger partial charge in [0.2, 0.25) is 0 Å². The standard InChI is InChI=1S/C26H30ClN3O3/c1-15-17(3)30(14-8-13-28)24-20(15)22(18-9-11-19(27)12-10-18)21(16(2)29-24)23(25(31)32-7)33-26(4,5)6/h9-12,23H,8,14H2,1-7H3. The summed E-state index contributed by atoms with van der Waals surface area (Å²) in [6, 6.07) is 9.75. The van der Waals surface area contributed by atoms with Crippen molar-refractivity contribution < 1.29 is 14.3 Å². The second-order valence-electron chi connectivity index (χ2n) is 9.09. The van der Waals surface area contributed by atoms with E-state index in [1.54, 1.807) is 0 Å². The Bertz CT molecular complexity index is 1230. The molecular weight excluding hydrogens is 438 g/mol. The molecule has 2 heterocycles. The fourth-order valence-corrected chi connectivity index (χ4v) is 4.28. The van der Waals surface area contributed by atoms with Crippen molar-refractivity contribution in [1.82, 2.24) is 9.55 Å². The SMILES string of the molecule is COC(=O)C(OC(C)(C)C)c1c(C)nc2c(c(C)c(C)n2CCC#N)c1-c1ccc(Cl)cc1. The van der Waals surface area contributed by atoms with Crippen LogP contribution >= 0.6 is 11.6 Å². The van der Waals surface area contributed by atoms with Crippen molar-refractivity contribution in [2.24, 2.45) is 0 Å². The first-order valence-corrected chi connectivity index (χ1v) is 11.3. The molecule has 1 unspecified atom stereocenters. The average molecular weight is 468 g/mol. The van der Waals surface area contributed by atoms with E-state index < -0.39 is 17.7 Å². The van der Waals surface area contributed by atoms with E-state index in [1.807, 2.05) is 65.8 Å². The van der Waals surface area contributed by atoms with Gasteiger partial charge in [-0.05, 0) is 64.8 Å². The predicted octanol–water partition coefficient (Wildman–Crippen LogP) is 6.22. The second-order valence-corrected chi connectivity index (χ2v) is 9.53. The van der Waals surface area contributed by atoms with Crippen LogP contribution in [0.1, 0.15) is 55.8 Å². The number of nitriles is 1. The lowest BCUT2D eigenvalue weighted by atomic mass is 9.91. The fourth-order valence-electron chi connectivity index (χ4n) is 4.15. The molecule has 1 atom stereocenters. The van der Waals surface area contributed by atoms with Crippen LogP contribution in [0.15, 0.2) is 24.3 Å². The third-order valence-corrected chi connectivity index (χ3v) is 5.97. The van der Waals surface area contributed by atoms with Gasteiger partial charge in [0, 0.05) is 39.5 Å². The summed E-state index contributed by atoms with van der Waals surface area (Å²) in [6.45, 7) is 12.2. The van der Waals surface area contributed by atoms with Gasteiger partial charge in [0.05, 0.1) is 25.2 Å². The molecule has 0 N–H and O–H groups in total. The number of carbonyl (C=O) groups is 1. The van der Waals surface area contributed by atoms with Gasteiger partial charge in [0.15, 0.2) is 6.10 Å². The first-order valence-electron chi connectivity index (χ1n) is 10.9. The number of benzene rings is 1. The molecule has 3 rings (SSSR count). The maximum absolute atomic E-state index is 13.0. The molecular formula is C26H30ClN3O3. The highest BCUT2D eigenvalue weighted by atomic mass is 35.5. The molecule has 0 saturated carbocycles. The third-order valence-electron chi connectivity index (χ3n) is 5.71. The van der Waals surface area contributed by atoms with Gasteiger partial charge in [0.25, 0.3) is 0 Å². The zero-order valence-corrected chi connectivity index (χ0v) is 21.0. The van der Waals surface area contributed by atoms with E-state index in [9.17, 15) is 4.79 Å². The van der Waals surface area contributed by atoms with E-state index >= 15 is 0 Å². The normalized spacial score (nSPS) is 12.6. The van der Waals surface area contributed by atoms with Crippen molar-refractivity contribution in [2.45, 2.75) is 66.2 Å². The van der Waals surface area contributed by atoms with E-state index in [1.165, 1.54) is 7.11 Å². The number of hydrogen-bond donors (Lipinski definition) is 0. The number of aromatic nitrogens is 2. The monoisotopic (exact) mass is 467 g/mol. The van der Waals surface area contributed by atoms with Crippen LogP contribution in [0, 0.1) is 32.1 Å². The van der Waals surface area contributed by atoms with Crippen molar-refractivity contribution in [3.8, 4) is 17.2 Å². The summed E-state index contributed by atoms with van der Waals surface area (Å²) in [4.78, 5) is 17.9. The Morgan fingerprint density at radius 3 is 2.39 bits per heavy atom. The number of rotatable bonds is 6. The summed E-state index contributed by atoms with van der Waals surface area (Å²) in [6.07, 6.45) is -0.583. The molecule has 174 valence electrons. The molecule has 0 aliphatic heterocycles. The summed E-state index contributed by atoms with van der Waals surface area (Å²) in [5.74, 6) is -0.484. The number of ether oxygens (including phenoxy) is 2. The third kappa shape index (κ3) is 4.90. The van der Waals surface area contributed by atoms with Crippen LogP contribution in [0.4, 0.5) is 0 Å². The van der Waals surface area contributed by atoms with Crippen LogP contribution in [0.5, 0.6) is 0 Å². The van der Waals surface area contributed by atoms with Gasteiger partial charge in [-0.15, -0.1) is 0 Å². The van der Waals surface area contributed by atoms with Crippen molar-refractivity contribution in [2.75, 3.05) is 7.11 Å². The minimum atomic E-state index is -0.959. The zero-order valence-electron chi connectivity index (χ0n) is 20.2. The Morgan fingerprint density at radius 1 is 1.21 bits per heavy atom. The molecule has 6 nitrogen and oxygen atoms in total. The summed E-state index contributed by atoms with van der Waals surface area (Å²) in [5, 5.41) is 10.7. The zero-order chi connectivity index (χ0) is 24.5. The number of carbonyl (C=O) groups excluding carboxylic acids is 1. The number of halogens is 1. The van der Waals surface area contributed by atoms with Crippen LogP contribution in [0.3, 0.4) is 0 Å². The summed E-state index contributed by atoms with van der Waals surface area (Å²) >= 11 is 6.18. The predicted molar refractivity (Wildman–Crippen MR) is 130 cm³/mol. The second kappa shape index (κ2) is 9.54. The van der Waals surface area contributed by atoms with Gasteiger partial charge in [-0.25, -0.2) is 9.78 Å². The first kappa shape index (κ1) is 24.8. The lowest BCUT2D eigenvalue weighted by Crippen LogP contribution is -2.29. The molecule has 0 fully saturated rings. The molecule has 0 aliphatic rings. The van der Waals surface area contributed by atoms with Gasteiger partial charge in [-0.2, -0.15) is 5.26 Å². The van der Waals surface area contributed by atoms with Crippen LogP contribution in [-0.2, 0) is 20.8 Å². The van der Waals surface area contributed by atoms with Crippen molar-refractivity contribution in [3.05, 3.63) is 51.8 Å². The van der Waals surface area contributed by atoms with Crippen molar-refractivity contribution >= 4 is 28.6 Å². The minimum Gasteiger partial charge on any atom is -0.467 e. The summed E-state index contributed by atoms with van der Waals surface area (Å²) < 4.78 is 13.5. The lowest BCUT2D eigenvalue weighted by Gasteiger charge is -2.28. The van der Waals surface area contributed by atoms with Crippen LogP contribution in [0.2, 0.25) is 5.02 Å². The van der Waals surface area contributed by atoms with Crippen LogP contribution in [-0.4, -0.2) is 28.2 Å². The molecule has 0 spiro atoms. The van der Waals surface area contributed by atoms with Gasteiger partial charge >= 0.3 is 5.97 Å². The topological polar surface area (TPSA) is 77.1 Å². The highest BCUT2D eigenvalue weighted by Gasteiger charge is 2.34. The summed E-state index contributed by atoms with van der Waals surface area (Å²) in [7, 11) is 1.36. The molecule has 0 radical (unpaired) electrons.